The van der Waals surface area contributed by atoms with Gasteiger partial charge in [-0.25, -0.2) is 9.36 Å². The van der Waals surface area contributed by atoms with Gasteiger partial charge in [-0.05, 0) is 43.7 Å². The summed E-state index contributed by atoms with van der Waals surface area (Å²) in [6, 6.07) is 7.60. The van der Waals surface area contributed by atoms with Crippen LogP contribution in [0, 0.1) is 0 Å². The van der Waals surface area contributed by atoms with Crippen LogP contribution < -0.4 is 11.2 Å². The lowest BCUT2D eigenvalue weighted by Crippen LogP contribution is -2.35. The number of aromatic nitrogens is 3. The van der Waals surface area contributed by atoms with Gasteiger partial charge in [0.15, 0.2) is 0 Å². The summed E-state index contributed by atoms with van der Waals surface area (Å²) in [4.78, 5) is 30.6. The highest BCUT2D eigenvalue weighted by Crippen LogP contribution is 2.36. The van der Waals surface area contributed by atoms with E-state index in [1.54, 1.807) is 0 Å². The molecule has 0 spiro atoms. The van der Waals surface area contributed by atoms with Gasteiger partial charge in [0, 0.05) is 35.4 Å². The second-order valence-corrected chi connectivity index (χ2v) is 8.78. The molecule has 4 aromatic rings. The van der Waals surface area contributed by atoms with Crippen molar-refractivity contribution >= 4 is 32.5 Å². The van der Waals surface area contributed by atoms with Crippen molar-refractivity contribution in [1.29, 1.82) is 0 Å². The van der Waals surface area contributed by atoms with Gasteiger partial charge in [0.2, 0.25) is 0 Å². The van der Waals surface area contributed by atoms with Gasteiger partial charge in [0.25, 0.3) is 5.56 Å². The van der Waals surface area contributed by atoms with Gasteiger partial charge in [-0.15, -0.1) is 11.3 Å². The summed E-state index contributed by atoms with van der Waals surface area (Å²) in [5, 5.41) is 1.60. The number of nitrogens with zero attached hydrogens (tertiary/aromatic N) is 2. The lowest BCUT2D eigenvalue weighted by molar-refractivity contribution is -0.0379. The molecule has 0 atom stereocenters. The summed E-state index contributed by atoms with van der Waals surface area (Å²) in [6.07, 6.45) is 2.61. The van der Waals surface area contributed by atoms with Crippen molar-refractivity contribution in [2.75, 3.05) is 0 Å². The van der Waals surface area contributed by atoms with Crippen LogP contribution in [0.1, 0.15) is 24.3 Å². The predicted octanol–water partition coefficient (Wildman–Crippen LogP) is 3.08. The van der Waals surface area contributed by atoms with Gasteiger partial charge >= 0.3 is 5.69 Å². The Morgan fingerprint density at radius 1 is 1.22 bits per heavy atom. The largest absolute Gasteiger partial charge is 0.370 e. The van der Waals surface area contributed by atoms with E-state index in [4.69, 9.17) is 4.74 Å². The molecule has 5 rings (SSSR count). The van der Waals surface area contributed by atoms with E-state index in [2.05, 4.69) is 4.98 Å². The standard InChI is InChI=1S/C20H19N3O3S/c1-20(2)9-13-15(10-26-20)27-17-16(13)18(24)23(19(25)21-17)12-4-5-14-11(8-12)6-7-22(14)3/h4-8H,9-10H2,1-3H3,(H,21,25). The molecule has 0 amide bonds. The number of rotatable bonds is 1. The molecule has 0 unspecified atom stereocenters. The van der Waals surface area contributed by atoms with E-state index in [-0.39, 0.29) is 11.2 Å². The van der Waals surface area contributed by atoms with Crippen LogP contribution in [-0.4, -0.2) is 19.7 Å². The molecule has 0 saturated carbocycles. The maximum Gasteiger partial charge on any atom is 0.334 e. The number of fused-ring (bicyclic) bond motifs is 4. The molecule has 138 valence electrons. The molecule has 4 heterocycles. The predicted molar refractivity (Wildman–Crippen MR) is 107 cm³/mol. The third kappa shape index (κ3) is 2.42. The highest BCUT2D eigenvalue weighted by molar-refractivity contribution is 7.18. The average Bonchev–Trinajstić information content (AvgIpc) is 3.14. The molecule has 1 N–H and O–H groups in total. The van der Waals surface area contributed by atoms with Gasteiger partial charge in [-0.2, -0.15) is 0 Å². The Balaban J connectivity index is 1.79. The van der Waals surface area contributed by atoms with Crippen molar-refractivity contribution in [1.82, 2.24) is 14.1 Å². The first-order valence-corrected chi connectivity index (χ1v) is 9.65. The maximum absolute atomic E-state index is 13.3. The van der Waals surface area contributed by atoms with Gasteiger partial charge in [0.05, 0.1) is 23.3 Å². The Morgan fingerprint density at radius 2 is 2.04 bits per heavy atom. The van der Waals surface area contributed by atoms with Crippen LogP contribution in [0.4, 0.5) is 0 Å². The fourth-order valence-electron chi connectivity index (χ4n) is 3.87. The zero-order valence-corrected chi connectivity index (χ0v) is 16.1. The number of hydrogen-bond donors (Lipinski definition) is 1. The number of aromatic amines is 1. The second kappa shape index (κ2) is 5.43. The molecule has 27 heavy (non-hydrogen) atoms. The minimum absolute atomic E-state index is 0.265. The number of aryl methyl sites for hydroxylation is 1. The highest BCUT2D eigenvalue weighted by Gasteiger charge is 2.31. The SMILES string of the molecule is Cn1ccc2cc(-n3c(=O)[nH]c4sc5c(c4c3=O)CC(C)(C)OC5)ccc21. The molecular weight excluding hydrogens is 362 g/mol. The van der Waals surface area contributed by atoms with E-state index in [1.165, 1.54) is 15.9 Å². The first-order chi connectivity index (χ1) is 12.8. The number of H-pyrrole nitrogens is 1. The Hall–Kier alpha value is -2.64. The molecule has 1 aliphatic rings. The molecule has 0 bridgehead atoms. The third-order valence-electron chi connectivity index (χ3n) is 5.25. The van der Waals surface area contributed by atoms with E-state index in [9.17, 15) is 9.59 Å². The maximum atomic E-state index is 13.3. The summed E-state index contributed by atoms with van der Waals surface area (Å²) in [6.45, 7) is 4.51. The Bertz CT molecular complexity index is 1340. The second-order valence-electron chi connectivity index (χ2n) is 7.67. The summed E-state index contributed by atoms with van der Waals surface area (Å²) in [5.74, 6) is 0. The lowest BCUT2D eigenvalue weighted by Gasteiger charge is -2.29. The van der Waals surface area contributed by atoms with Gasteiger partial charge in [-0.1, -0.05) is 0 Å². The van der Waals surface area contributed by atoms with Gasteiger partial charge < -0.3 is 9.30 Å². The van der Waals surface area contributed by atoms with Gasteiger partial charge in [-0.3, -0.25) is 9.78 Å². The molecule has 0 radical (unpaired) electrons. The topological polar surface area (TPSA) is 69.0 Å². The van der Waals surface area contributed by atoms with Crippen LogP contribution in [0.15, 0.2) is 40.1 Å². The smallest absolute Gasteiger partial charge is 0.334 e. The van der Waals surface area contributed by atoms with Crippen LogP contribution in [0.3, 0.4) is 0 Å². The first kappa shape index (κ1) is 16.5. The zero-order valence-electron chi connectivity index (χ0n) is 15.3. The van der Waals surface area contributed by atoms with Crippen molar-refractivity contribution in [3.05, 3.63) is 61.7 Å². The average molecular weight is 381 g/mol. The minimum Gasteiger partial charge on any atom is -0.370 e. The number of benzene rings is 1. The lowest BCUT2D eigenvalue weighted by atomic mass is 9.94. The van der Waals surface area contributed by atoms with E-state index < -0.39 is 5.69 Å². The third-order valence-corrected chi connectivity index (χ3v) is 6.38. The molecule has 0 aliphatic carbocycles. The monoisotopic (exact) mass is 381 g/mol. The van der Waals surface area contributed by atoms with Crippen LogP contribution in [-0.2, 0) is 24.8 Å². The van der Waals surface area contributed by atoms with Gasteiger partial charge in [0.1, 0.15) is 4.83 Å². The Morgan fingerprint density at radius 3 is 2.85 bits per heavy atom. The van der Waals surface area contributed by atoms with E-state index in [0.717, 1.165) is 21.3 Å². The fraction of sp³-hybridized carbons (Fsp3) is 0.300. The molecular formula is C20H19N3O3S. The molecule has 7 heteroatoms. The number of nitrogens with one attached hydrogen (secondary N) is 1. The molecule has 1 aromatic carbocycles. The normalized spacial score (nSPS) is 16.1. The highest BCUT2D eigenvalue weighted by atomic mass is 32.1. The summed E-state index contributed by atoms with van der Waals surface area (Å²) >= 11 is 1.44. The quantitative estimate of drug-likeness (QED) is 0.551. The van der Waals surface area contributed by atoms with Crippen LogP contribution in [0.2, 0.25) is 0 Å². The minimum atomic E-state index is -0.415. The van der Waals surface area contributed by atoms with E-state index >= 15 is 0 Å². The molecule has 3 aromatic heterocycles. The van der Waals surface area contributed by atoms with Crippen molar-refractivity contribution in [2.45, 2.75) is 32.5 Å². The fourth-order valence-corrected chi connectivity index (χ4v) is 4.98. The Labute approximate surface area is 158 Å². The zero-order chi connectivity index (χ0) is 18.9. The van der Waals surface area contributed by atoms with Crippen molar-refractivity contribution < 1.29 is 4.74 Å². The van der Waals surface area contributed by atoms with Crippen molar-refractivity contribution in [3.63, 3.8) is 0 Å². The van der Waals surface area contributed by atoms with Crippen LogP contribution >= 0.6 is 11.3 Å². The number of thiophene rings is 1. The van der Waals surface area contributed by atoms with Crippen molar-refractivity contribution in [3.8, 4) is 5.69 Å². The Kier molecular flexibility index (Phi) is 3.33. The van der Waals surface area contributed by atoms with Crippen LogP contribution in [0.25, 0.3) is 26.8 Å². The number of ether oxygens (including phenoxy) is 1. The summed E-state index contributed by atoms with van der Waals surface area (Å²) < 4.78 is 9.11. The molecule has 0 saturated heterocycles. The van der Waals surface area contributed by atoms with E-state index in [1.807, 2.05) is 55.9 Å². The van der Waals surface area contributed by atoms with E-state index in [0.29, 0.717) is 28.9 Å². The molecule has 0 fully saturated rings. The number of hydrogen-bond acceptors (Lipinski definition) is 4. The summed E-state index contributed by atoms with van der Waals surface area (Å²) in [7, 11) is 1.97. The van der Waals surface area contributed by atoms with Crippen LogP contribution in [0.5, 0.6) is 0 Å². The van der Waals surface area contributed by atoms with Crippen molar-refractivity contribution in [2.24, 2.45) is 7.05 Å². The first-order valence-electron chi connectivity index (χ1n) is 8.83. The molecule has 1 aliphatic heterocycles. The molecule has 6 nitrogen and oxygen atoms in total. The summed E-state index contributed by atoms with van der Waals surface area (Å²) in [5.41, 5.74) is 1.63.